The third-order valence-electron chi connectivity index (χ3n) is 6.14. The predicted molar refractivity (Wildman–Crippen MR) is 133 cm³/mol. The van der Waals surface area contributed by atoms with E-state index in [4.69, 9.17) is 10.5 Å². The lowest BCUT2D eigenvalue weighted by atomic mass is 10.0. The van der Waals surface area contributed by atoms with E-state index >= 15 is 0 Å². The molecule has 1 unspecified atom stereocenters. The summed E-state index contributed by atoms with van der Waals surface area (Å²) in [6, 6.07) is 9.40. The average Bonchev–Trinajstić information content (AvgIpc) is 2.78. The zero-order valence-corrected chi connectivity index (χ0v) is 20.5. The Morgan fingerprint density at radius 2 is 1.19 bits per heavy atom. The van der Waals surface area contributed by atoms with Gasteiger partial charge in [-0.2, -0.15) is 0 Å². The third-order valence-corrected chi connectivity index (χ3v) is 6.14. The van der Waals surface area contributed by atoms with Gasteiger partial charge in [-0.25, -0.2) is 0 Å². The molecule has 0 aliphatic rings. The fraction of sp³-hybridized carbons (Fsp3) is 0.750. The van der Waals surface area contributed by atoms with Crippen LogP contribution in [0.25, 0.3) is 0 Å². The van der Waals surface area contributed by atoms with Gasteiger partial charge in [-0.1, -0.05) is 121 Å². The van der Waals surface area contributed by atoms with Crippen LogP contribution < -0.4 is 5.73 Å². The summed E-state index contributed by atoms with van der Waals surface area (Å²) in [6.07, 6.45) is 20.5. The van der Waals surface area contributed by atoms with Gasteiger partial charge < -0.3 is 10.5 Å². The molecule has 1 aromatic rings. The second-order valence-electron chi connectivity index (χ2n) is 9.18. The van der Waals surface area contributed by atoms with Crippen molar-refractivity contribution in [2.75, 3.05) is 0 Å². The van der Waals surface area contributed by atoms with Crippen molar-refractivity contribution >= 4 is 5.97 Å². The summed E-state index contributed by atoms with van der Waals surface area (Å²) in [5, 5.41) is 0. The highest BCUT2D eigenvalue weighted by Gasteiger charge is 2.20. The Bertz CT molecular complexity index is 513. The lowest BCUT2D eigenvalue weighted by molar-refractivity contribution is -0.151. The van der Waals surface area contributed by atoms with Gasteiger partial charge in [-0.15, -0.1) is 0 Å². The van der Waals surface area contributed by atoms with E-state index in [-0.39, 0.29) is 12.1 Å². The van der Waals surface area contributed by atoms with Crippen molar-refractivity contribution in [1.82, 2.24) is 0 Å². The van der Waals surface area contributed by atoms with Gasteiger partial charge in [0.25, 0.3) is 0 Å². The van der Waals surface area contributed by atoms with Gasteiger partial charge in [0, 0.05) is 0 Å². The lowest BCUT2D eigenvalue weighted by Crippen LogP contribution is -2.36. The smallest absolute Gasteiger partial charge is 0.323 e. The number of hydrogen-bond donors (Lipinski definition) is 1. The third kappa shape index (κ3) is 15.1. The average molecular weight is 432 g/mol. The molecule has 0 fully saturated rings. The monoisotopic (exact) mass is 431 g/mol. The van der Waals surface area contributed by atoms with Gasteiger partial charge in [0.2, 0.25) is 0 Å². The van der Waals surface area contributed by atoms with Gasteiger partial charge >= 0.3 is 5.97 Å². The maximum absolute atomic E-state index is 12.6. The van der Waals surface area contributed by atoms with E-state index in [1.165, 1.54) is 77.0 Å². The standard InChI is InChI=1S/C28H49NO2/c1-3-5-7-9-11-13-18-22-26(23-19-14-12-10-8-6-4-2)31-28(30)27(29)24-25-20-16-15-17-21-25/h15-17,20-21,26-27H,3-14,18-19,22-24,29H2,1-2H3. The van der Waals surface area contributed by atoms with Crippen LogP contribution >= 0.6 is 0 Å². The van der Waals surface area contributed by atoms with Crippen molar-refractivity contribution in [2.24, 2.45) is 5.73 Å². The van der Waals surface area contributed by atoms with Crippen LogP contribution in [0.5, 0.6) is 0 Å². The molecule has 31 heavy (non-hydrogen) atoms. The molecule has 0 aromatic heterocycles. The number of hydrogen-bond acceptors (Lipinski definition) is 3. The number of unbranched alkanes of at least 4 members (excludes halogenated alkanes) is 12. The van der Waals surface area contributed by atoms with Crippen LogP contribution in [0.15, 0.2) is 30.3 Å². The van der Waals surface area contributed by atoms with Gasteiger partial charge in [-0.3, -0.25) is 4.79 Å². The largest absolute Gasteiger partial charge is 0.461 e. The topological polar surface area (TPSA) is 52.3 Å². The zero-order valence-electron chi connectivity index (χ0n) is 20.5. The predicted octanol–water partition coefficient (Wildman–Crippen LogP) is 7.75. The van der Waals surface area contributed by atoms with Crippen LogP contribution in [0.1, 0.15) is 122 Å². The fourth-order valence-corrected chi connectivity index (χ4v) is 4.12. The molecule has 2 N–H and O–H groups in total. The molecule has 0 saturated heterocycles. The summed E-state index contributed by atoms with van der Waals surface area (Å²) in [6.45, 7) is 4.51. The molecular weight excluding hydrogens is 382 g/mol. The van der Waals surface area contributed by atoms with Crippen molar-refractivity contribution in [2.45, 2.75) is 135 Å². The van der Waals surface area contributed by atoms with Crippen molar-refractivity contribution in [3.8, 4) is 0 Å². The Morgan fingerprint density at radius 1 is 0.742 bits per heavy atom. The second kappa shape index (κ2) is 19.3. The first-order valence-corrected chi connectivity index (χ1v) is 13.2. The number of nitrogens with two attached hydrogens (primary N) is 1. The van der Waals surface area contributed by atoms with E-state index in [0.29, 0.717) is 6.42 Å². The van der Waals surface area contributed by atoms with E-state index < -0.39 is 6.04 Å². The molecule has 1 rings (SSSR count). The van der Waals surface area contributed by atoms with Crippen LogP contribution in [-0.2, 0) is 16.0 Å². The number of ether oxygens (including phenoxy) is 1. The first kappa shape index (κ1) is 27.7. The van der Waals surface area contributed by atoms with Crippen molar-refractivity contribution < 1.29 is 9.53 Å². The number of carbonyl (C=O) groups excluding carboxylic acids is 1. The molecule has 3 heteroatoms. The van der Waals surface area contributed by atoms with E-state index in [0.717, 1.165) is 31.2 Å². The molecule has 0 radical (unpaired) electrons. The Morgan fingerprint density at radius 3 is 1.68 bits per heavy atom. The zero-order chi connectivity index (χ0) is 22.6. The molecular formula is C28H49NO2. The van der Waals surface area contributed by atoms with Crippen LogP contribution in [0, 0.1) is 0 Å². The highest BCUT2D eigenvalue weighted by Crippen LogP contribution is 2.18. The summed E-state index contributed by atoms with van der Waals surface area (Å²) >= 11 is 0. The van der Waals surface area contributed by atoms with Gasteiger partial charge in [0.15, 0.2) is 0 Å². The quantitative estimate of drug-likeness (QED) is 0.170. The van der Waals surface area contributed by atoms with Gasteiger partial charge in [0.1, 0.15) is 12.1 Å². The molecule has 0 heterocycles. The highest BCUT2D eigenvalue weighted by atomic mass is 16.5. The number of esters is 1. The van der Waals surface area contributed by atoms with Gasteiger partial charge in [-0.05, 0) is 37.7 Å². The molecule has 0 bridgehead atoms. The van der Waals surface area contributed by atoms with Crippen molar-refractivity contribution in [3.63, 3.8) is 0 Å². The lowest BCUT2D eigenvalue weighted by Gasteiger charge is -2.20. The molecule has 0 spiro atoms. The van der Waals surface area contributed by atoms with Crippen LogP contribution in [-0.4, -0.2) is 18.1 Å². The van der Waals surface area contributed by atoms with E-state index in [2.05, 4.69) is 13.8 Å². The van der Waals surface area contributed by atoms with Crippen LogP contribution in [0.3, 0.4) is 0 Å². The first-order valence-electron chi connectivity index (χ1n) is 13.2. The summed E-state index contributed by atoms with van der Waals surface area (Å²) < 4.78 is 5.91. The minimum Gasteiger partial charge on any atom is -0.461 e. The molecule has 0 aliphatic heterocycles. The summed E-state index contributed by atoms with van der Waals surface area (Å²) in [5.41, 5.74) is 7.25. The van der Waals surface area contributed by atoms with E-state index in [1.54, 1.807) is 0 Å². The number of benzene rings is 1. The Kier molecular flexibility index (Phi) is 17.3. The Balaban J connectivity index is 2.37. The first-order chi connectivity index (χ1) is 15.2. The Labute approximate surface area is 192 Å². The fourth-order valence-electron chi connectivity index (χ4n) is 4.12. The minimum atomic E-state index is -0.576. The van der Waals surface area contributed by atoms with Crippen LogP contribution in [0.2, 0.25) is 0 Å². The van der Waals surface area contributed by atoms with Crippen molar-refractivity contribution in [3.05, 3.63) is 35.9 Å². The molecule has 1 atom stereocenters. The van der Waals surface area contributed by atoms with Gasteiger partial charge in [0.05, 0.1) is 0 Å². The summed E-state index contributed by atoms with van der Waals surface area (Å²) in [7, 11) is 0. The van der Waals surface area contributed by atoms with E-state index in [1.807, 2.05) is 30.3 Å². The number of rotatable bonds is 20. The Hall–Kier alpha value is -1.35. The minimum absolute atomic E-state index is 0.0283. The molecule has 0 saturated carbocycles. The number of carbonyl (C=O) groups is 1. The molecule has 0 aliphatic carbocycles. The summed E-state index contributed by atoms with van der Waals surface area (Å²) in [4.78, 5) is 12.6. The van der Waals surface area contributed by atoms with E-state index in [9.17, 15) is 4.79 Å². The molecule has 178 valence electrons. The maximum atomic E-state index is 12.6. The SMILES string of the molecule is CCCCCCCCCC(CCCCCCCCC)OC(=O)C(N)Cc1ccccc1. The summed E-state index contributed by atoms with van der Waals surface area (Å²) in [5.74, 6) is -0.236. The van der Waals surface area contributed by atoms with Crippen molar-refractivity contribution in [1.29, 1.82) is 0 Å². The van der Waals surface area contributed by atoms with Crippen LogP contribution in [0.4, 0.5) is 0 Å². The normalized spacial score (nSPS) is 12.3. The highest BCUT2D eigenvalue weighted by molar-refractivity contribution is 5.76. The second-order valence-corrected chi connectivity index (χ2v) is 9.18. The molecule has 3 nitrogen and oxygen atoms in total. The molecule has 1 aromatic carbocycles. The maximum Gasteiger partial charge on any atom is 0.323 e. The molecule has 0 amide bonds.